The van der Waals surface area contributed by atoms with Crippen LogP contribution in [-0.2, 0) is 24.8 Å². The Morgan fingerprint density at radius 3 is 2.17 bits per heavy atom. The van der Waals surface area contributed by atoms with Gasteiger partial charge in [0.2, 0.25) is 0 Å². The summed E-state index contributed by atoms with van der Waals surface area (Å²) in [7, 11) is -3.66. The van der Waals surface area contributed by atoms with Crippen LogP contribution < -0.4 is 0 Å². The Morgan fingerprint density at radius 1 is 1.10 bits per heavy atom. The van der Waals surface area contributed by atoms with E-state index in [1.807, 2.05) is 57.2 Å². The predicted octanol–water partition coefficient (Wildman–Crippen LogP) is 6.99. The molecule has 5 heteroatoms. The third-order valence-electron chi connectivity index (χ3n) is 5.21. The van der Waals surface area contributed by atoms with Gasteiger partial charge < -0.3 is 9.05 Å². The summed E-state index contributed by atoms with van der Waals surface area (Å²) in [6.07, 6.45) is 5.21. The lowest BCUT2D eigenvalue weighted by atomic mass is 9.83. The van der Waals surface area contributed by atoms with Crippen molar-refractivity contribution >= 4 is 13.4 Å². The second-order valence-corrected chi connectivity index (χ2v) is 10.3. The van der Waals surface area contributed by atoms with E-state index in [9.17, 15) is 9.36 Å². The van der Waals surface area contributed by atoms with Crippen LogP contribution in [0.25, 0.3) is 0 Å². The van der Waals surface area contributed by atoms with E-state index in [1.165, 1.54) is 0 Å². The lowest BCUT2D eigenvalue weighted by Gasteiger charge is -2.39. The summed E-state index contributed by atoms with van der Waals surface area (Å²) in [6, 6.07) is 9.97. The molecule has 0 N–H and O–H groups in total. The van der Waals surface area contributed by atoms with Crippen LogP contribution in [0.5, 0.6) is 0 Å². The maximum Gasteiger partial charge on any atom is 0.344 e. The second kappa shape index (κ2) is 12.5. The number of benzene rings is 1. The first-order valence-corrected chi connectivity index (χ1v) is 12.4. The summed E-state index contributed by atoms with van der Waals surface area (Å²) >= 11 is 0. The molecule has 0 bridgehead atoms. The topological polar surface area (TPSA) is 52.6 Å². The van der Waals surface area contributed by atoms with Gasteiger partial charge in [-0.15, -0.1) is 0 Å². The Kier molecular flexibility index (Phi) is 11.1. The Bertz CT molecular complexity index is 684. The van der Waals surface area contributed by atoms with Crippen molar-refractivity contribution in [3.8, 4) is 0 Å². The van der Waals surface area contributed by atoms with Crippen molar-refractivity contribution in [2.45, 2.75) is 78.8 Å². The largest absolute Gasteiger partial charge is 0.344 e. The molecule has 1 aromatic rings. The lowest BCUT2D eigenvalue weighted by molar-refractivity contribution is -0.125. The zero-order chi connectivity index (χ0) is 21.9. The predicted molar refractivity (Wildman–Crippen MR) is 121 cm³/mol. The van der Waals surface area contributed by atoms with Gasteiger partial charge in [-0.2, -0.15) is 0 Å². The molecule has 0 fully saturated rings. The highest BCUT2D eigenvalue weighted by Crippen LogP contribution is 2.64. The summed E-state index contributed by atoms with van der Waals surface area (Å²) in [4.78, 5) is 13.9. The number of ketones is 1. The number of carbonyl (C=O) groups excluding carboxylic acids is 1. The molecule has 4 nitrogen and oxygen atoms in total. The summed E-state index contributed by atoms with van der Waals surface area (Å²) in [6.45, 7) is 12.1. The van der Waals surface area contributed by atoms with Crippen LogP contribution in [0.3, 0.4) is 0 Å². The van der Waals surface area contributed by atoms with Gasteiger partial charge in [-0.1, -0.05) is 68.7 Å². The zero-order valence-electron chi connectivity index (χ0n) is 19.1. The van der Waals surface area contributed by atoms with Crippen LogP contribution >= 0.6 is 7.60 Å². The molecular formula is C24H39O4P. The van der Waals surface area contributed by atoms with Crippen LogP contribution in [0.4, 0.5) is 0 Å². The number of unbranched alkanes of at least 4 members (excludes halogenated alkanes) is 1. The molecule has 0 saturated carbocycles. The Hall–Kier alpha value is -1.22. The number of rotatable bonds is 14. The molecule has 2 atom stereocenters. The molecule has 2 unspecified atom stereocenters. The molecule has 0 saturated heterocycles. The number of hydrogen-bond acceptors (Lipinski definition) is 4. The molecule has 29 heavy (non-hydrogen) atoms. The molecule has 1 rings (SSSR count). The molecule has 0 amide bonds. The fourth-order valence-corrected chi connectivity index (χ4v) is 6.18. The van der Waals surface area contributed by atoms with Gasteiger partial charge in [0.15, 0.2) is 5.78 Å². The highest BCUT2D eigenvalue weighted by Gasteiger charge is 2.55. The number of allylic oxidation sites excluding steroid dienone is 2. The molecule has 0 aliphatic heterocycles. The first kappa shape index (κ1) is 25.8. The number of Topliss-reactive ketones (excluding diaryl/α,β-unsaturated/α-hetero) is 1. The highest BCUT2D eigenvalue weighted by molar-refractivity contribution is 7.56. The van der Waals surface area contributed by atoms with Gasteiger partial charge in [0, 0.05) is 5.92 Å². The van der Waals surface area contributed by atoms with E-state index in [1.54, 1.807) is 13.8 Å². The minimum Gasteiger partial charge on any atom is -0.308 e. The zero-order valence-corrected chi connectivity index (χ0v) is 20.0. The maximum atomic E-state index is 14.1. The summed E-state index contributed by atoms with van der Waals surface area (Å²) in [5.74, 6) is -0.299. The summed E-state index contributed by atoms with van der Waals surface area (Å²) in [5, 5.41) is -1.15. The molecule has 0 aliphatic carbocycles. The average molecular weight is 423 g/mol. The molecule has 164 valence electrons. The number of carbonyl (C=O) groups is 1. The minimum atomic E-state index is -3.66. The van der Waals surface area contributed by atoms with Crippen molar-refractivity contribution in [1.82, 2.24) is 0 Å². The van der Waals surface area contributed by atoms with Gasteiger partial charge in [0.1, 0.15) is 5.16 Å². The van der Waals surface area contributed by atoms with Crippen molar-refractivity contribution in [2.75, 3.05) is 13.2 Å². The highest BCUT2D eigenvalue weighted by atomic mass is 31.2. The van der Waals surface area contributed by atoms with Crippen LogP contribution in [-0.4, -0.2) is 24.2 Å². The molecule has 0 spiro atoms. The first-order valence-electron chi connectivity index (χ1n) is 10.9. The second-order valence-electron chi connectivity index (χ2n) is 7.91. The van der Waals surface area contributed by atoms with Crippen LogP contribution in [0, 0.1) is 5.92 Å². The Labute approximate surface area is 177 Å². The quantitative estimate of drug-likeness (QED) is 0.240. The van der Waals surface area contributed by atoms with Crippen LogP contribution in [0.15, 0.2) is 42.0 Å². The molecule has 1 aromatic carbocycles. The smallest absolute Gasteiger partial charge is 0.308 e. The first-order chi connectivity index (χ1) is 13.8. The van der Waals surface area contributed by atoms with Crippen molar-refractivity contribution in [1.29, 1.82) is 0 Å². The van der Waals surface area contributed by atoms with E-state index in [0.717, 1.165) is 24.0 Å². The standard InChI is InChI=1S/C24H39O4P/c1-7-10-17-24(18-16-20(4)5,29(26,27-8-2)28-9-3)23(25)21(6)19-22-14-12-11-13-15-22/h11-16,21H,7-10,17-19H2,1-6H3. The molecular weight excluding hydrogens is 383 g/mol. The Morgan fingerprint density at radius 2 is 1.69 bits per heavy atom. The van der Waals surface area contributed by atoms with Crippen LogP contribution in [0.1, 0.15) is 72.8 Å². The van der Waals surface area contributed by atoms with Crippen molar-refractivity contribution in [3.05, 3.63) is 47.5 Å². The van der Waals surface area contributed by atoms with E-state index >= 15 is 0 Å². The molecule has 0 aromatic heterocycles. The fourth-order valence-electron chi connectivity index (χ4n) is 3.70. The SMILES string of the molecule is CCCCC(CC=C(C)C)(C(=O)C(C)Cc1ccccc1)P(=O)(OCC)OCC. The normalized spacial score (nSPS) is 14.8. The fraction of sp³-hybridized carbons (Fsp3) is 0.625. The van der Waals surface area contributed by atoms with Gasteiger partial charge in [-0.3, -0.25) is 9.36 Å². The summed E-state index contributed by atoms with van der Waals surface area (Å²) in [5.41, 5.74) is 2.19. The van der Waals surface area contributed by atoms with Gasteiger partial charge in [0.05, 0.1) is 13.2 Å². The third-order valence-corrected chi connectivity index (χ3v) is 8.08. The van der Waals surface area contributed by atoms with Crippen molar-refractivity contribution < 1.29 is 18.4 Å². The summed E-state index contributed by atoms with van der Waals surface area (Å²) < 4.78 is 25.6. The van der Waals surface area contributed by atoms with Gasteiger partial charge in [0.25, 0.3) is 0 Å². The monoisotopic (exact) mass is 422 g/mol. The Balaban J connectivity index is 3.45. The van der Waals surface area contributed by atoms with Gasteiger partial charge in [-0.25, -0.2) is 0 Å². The lowest BCUT2D eigenvalue weighted by Crippen LogP contribution is -2.43. The molecule has 0 aliphatic rings. The van der Waals surface area contributed by atoms with E-state index in [0.29, 0.717) is 19.3 Å². The van der Waals surface area contributed by atoms with E-state index in [-0.39, 0.29) is 24.9 Å². The van der Waals surface area contributed by atoms with E-state index in [4.69, 9.17) is 9.05 Å². The van der Waals surface area contributed by atoms with Crippen molar-refractivity contribution in [3.63, 3.8) is 0 Å². The third kappa shape index (κ3) is 6.91. The molecule has 0 radical (unpaired) electrons. The van der Waals surface area contributed by atoms with E-state index in [2.05, 4.69) is 6.92 Å². The van der Waals surface area contributed by atoms with Gasteiger partial charge >= 0.3 is 7.60 Å². The van der Waals surface area contributed by atoms with E-state index < -0.39 is 12.8 Å². The van der Waals surface area contributed by atoms with Crippen molar-refractivity contribution in [2.24, 2.45) is 5.92 Å². The number of hydrogen-bond donors (Lipinski definition) is 0. The maximum absolute atomic E-state index is 14.1. The van der Waals surface area contributed by atoms with Crippen LogP contribution in [0.2, 0.25) is 0 Å². The van der Waals surface area contributed by atoms with Gasteiger partial charge in [-0.05, 0) is 52.5 Å². The molecule has 0 heterocycles. The average Bonchev–Trinajstić information content (AvgIpc) is 2.68. The minimum absolute atomic E-state index is 0.0162.